The number of aromatic nitrogens is 1. The Morgan fingerprint density at radius 3 is 2.83 bits per heavy atom. The highest BCUT2D eigenvalue weighted by atomic mass is 16.5. The van der Waals surface area contributed by atoms with Crippen molar-refractivity contribution in [3.8, 4) is 0 Å². The Bertz CT molecular complexity index is 523. The fourth-order valence-electron chi connectivity index (χ4n) is 3.23. The predicted molar refractivity (Wildman–Crippen MR) is 92.4 cm³/mol. The number of rotatable bonds is 6. The quantitative estimate of drug-likeness (QED) is 0.796. The summed E-state index contributed by atoms with van der Waals surface area (Å²) in [6, 6.07) is 3.80. The van der Waals surface area contributed by atoms with Gasteiger partial charge in [0.1, 0.15) is 5.82 Å². The molecule has 0 saturated carbocycles. The molecule has 1 unspecified atom stereocenters. The summed E-state index contributed by atoms with van der Waals surface area (Å²) in [7, 11) is 2.04. The molecule has 3 heterocycles. The molecule has 24 heavy (non-hydrogen) atoms. The van der Waals surface area contributed by atoms with Crippen LogP contribution in [0.25, 0.3) is 0 Å². The van der Waals surface area contributed by atoms with Gasteiger partial charge in [0.05, 0.1) is 24.9 Å². The molecule has 0 spiro atoms. The summed E-state index contributed by atoms with van der Waals surface area (Å²) in [5.41, 5.74) is 0.647. The maximum atomic E-state index is 12.4. The normalized spacial score (nSPS) is 21.0. The molecule has 0 aliphatic carbocycles. The first-order chi connectivity index (χ1) is 11.7. The highest BCUT2D eigenvalue weighted by Gasteiger charge is 2.19. The van der Waals surface area contributed by atoms with Crippen LogP contribution in [-0.2, 0) is 9.47 Å². The van der Waals surface area contributed by atoms with E-state index in [4.69, 9.17) is 9.47 Å². The van der Waals surface area contributed by atoms with E-state index in [0.717, 1.165) is 31.8 Å². The molecular weight excluding hydrogens is 306 g/mol. The zero-order valence-electron chi connectivity index (χ0n) is 14.4. The summed E-state index contributed by atoms with van der Waals surface area (Å²) in [6.07, 6.45) is 6.72. The molecule has 0 bridgehead atoms. The zero-order chi connectivity index (χ0) is 16.8. The first-order valence-electron chi connectivity index (χ1n) is 8.90. The topological polar surface area (TPSA) is 54.9 Å². The Morgan fingerprint density at radius 2 is 2.17 bits per heavy atom. The Kier molecular flexibility index (Phi) is 6.04. The van der Waals surface area contributed by atoms with Crippen LogP contribution in [-0.4, -0.2) is 68.4 Å². The number of pyridine rings is 1. The van der Waals surface area contributed by atoms with Gasteiger partial charge in [0.25, 0.3) is 5.91 Å². The number of amides is 1. The van der Waals surface area contributed by atoms with E-state index in [9.17, 15) is 4.79 Å². The lowest BCUT2D eigenvalue weighted by atomic mass is 10.1. The lowest BCUT2D eigenvalue weighted by Crippen LogP contribution is -2.40. The Labute approximate surface area is 143 Å². The molecule has 132 valence electrons. The van der Waals surface area contributed by atoms with E-state index in [0.29, 0.717) is 38.0 Å². The van der Waals surface area contributed by atoms with Crippen LogP contribution in [0.1, 0.15) is 36.0 Å². The molecule has 1 aromatic heterocycles. The summed E-state index contributed by atoms with van der Waals surface area (Å²) in [5.74, 6) is 0.944. The highest BCUT2D eigenvalue weighted by Crippen LogP contribution is 2.18. The van der Waals surface area contributed by atoms with E-state index in [1.807, 2.05) is 24.1 Å². The van der Waals surface area contributed by atoms with Crippen molar-refractivity contribution in [2.24, 2.45) is 0 Å². The molecule has 6 nitrogen and oxygen atoms in total. The van der Waals surface area contributed by atoms with Crippen molar-refractivity contribution in [3.05, 3.63) is 23.9 Å². The lowest BCUT2D eigenvalue weighted by Gasteiger charge is -2.27. The monoisotopic (exact) mass is 333 g/mol. The summed E-state index contributed by atoms with van der Waals surface area (Å²) < 4.78 is 10.9. The van der Waals surface area contributed by atoms with Crippen molar-refractivity contribution in [1.82, 2.24) is 9.88 Å². The average molecular weight is 333 g/mol. The van der Waals surface area contributed by atoms with Gasteiger partial charge in [-0.05, 0) is 37.8 Å². The first-order valence-corrected chi connectivity index (χ1v) is 8.90. The SMILES string of the molecule is CN(CCCC1CCCO1)c1ccc(C(=O)N2CCOCC2)cn1. The van der Waals surface area contributed by atoms with Crippen LogP contribution in [0, 0.1) is 0 Å². The second-order valence-corrected chi connectivity index (χ2v) is 6.51. The van der Waals surface area contributed by atoms with Gasteiger partial charge >= 0.3 is 0 Å². The summed E-state index contributed by atoms with van der Waals surface area (Å²) in [5, 5.41) is 0. The van der Waals surface area contributed by atoms with Gasteiger partial charge in [-0.15, -0.1) is 0 Å². The molecule has 2 saturated heterocycles. The van der Waals surface area contributed by atoms with Crippen LogP contribution < -0.4 is 4.90 Å². The van der Waals surface area contributed by atoms with Crippen LogP contribution in [0.3, 0.4) is 0 Å². The van der Waals surface area contributed by atoms with Crippen LogP contribution in [0.15, 0.2) is 18.3 Å². The second kappa shape index (κ2) is 8.44. The van der Waals surface area contributed by atoms with Crippen LogP contribution >= 0.6 is 0 Å². The molecule has 3 rings (SSSR count). The van der Waals surface area contributed by atoms with Crippen molar-refractivity contribution < 1.29 is 14.3 Å². The number of nitrogens with zero attached hydrogens (tertiary/aromatic N) is 3. The molecule has 6 heteroatoms. The van der Waals surface area contributed by atoms with E-state index < -0.39 is 0 Å². The van der Waals surface area contributed by atoms with Gasteiger partial charge in [0.2, 0.25) is 0 Å². The van der Waals surface area contributed by atoms with Gasteiger partial charge in [0, 0.05) is 39.5 Å². The molecule has 0 radical (unpaired) electrons. The Balaban J connectivity index is 1.48. The van der Waals surface area contributed by atoms with Gasteiger partial charge in [-0.2, -0.15) is 0 Å². The minimum absolute atomic E-state index is 0.0402. The third-order valence-corrected chi connectivity index (χ3v) is 4.73. The van der Waals surface area contributed by atoms with Crippen molar-refractivity contribution in [3.63, 3.8) is 0 Å². The van der Waals surface area contributed by atoms with E-state index in [2.05, 4.69) is 9.88 Å². The zero-order valence-corrected chi connectivity index (χ0v) is 14.4. The molecule has 1 aromatic rings. The number of hydrogen-bond donors (Lipinski definition) is 0. The highest BCUT2D eigenvalue weighted by molar-refractivity contribution is 5.94. The van der Waals surface area contributed by atoms with E-state index in [-0.39, 0.29) is 5.91 Å². The van der Waals surface area contributed by atoms with Crippen LogP contribution in [0.2, 0.25) is 0 Å². The smallest absolute Gasteiger partial charge is 0.255 e. The predicted octanol–water partition coefficient (Wildman–Crippen LogP) is 1.95. The standard InChI is InChI=1S/C18H27N3O3/c1-20(8-2-4-16-5-3-11-24-16)17-7-6-15(14-19-17)18(22)21-9-12-23-13-10-21/h6-7,14,16H,2-5,8-13H2,1H3. The molecule has 2 fully saturated rings. The Hall–Kier alpha value is -1.66. The molecular formula is C18H27N3O3. The molecule has 2 aliphatic heterocycles. The van der Waals surface area contributed by atoms with E-state index >= 15 is 0 Å². The number of anilines is 1. The largest absolute Gasteiger partial charge is 0.378 e. The summed E-state index contributed by atoms with van der Waals surface area (Å²) in [4.78, 5) is 20.8. The molecule has 0 N–H and O–H groups in total. The molecule has 1 atom stereocenters. The minimum atomic E-state index is 0.0402. The van der Waals surface area contributed by atoms with Crippen LogP contribution in [0.4, 0.5) is 5.82 Å². The average Bonchev–Trinajstić information content (AvgIpc) is 3.15. The maximum Gasteiger partial charge on any atom is 0.255 e. The number of ether oxygens (including phenoxy) is 2. The van der Waals surface area contributed by atoms with Crippen molar-refractivity contribution >= 4 is 11.7 Å². The fourth-order valence-corrected chi connectivity index (χ4v) is 3.23. The van der Waals surface area contributed by atoms with E-state index in [1.54, 1.807) is 6.20 Å². The number of carbonyl (C=O) groups excluding carboxylic acids is 1. The van der Waals surface area contributed by atoms with Gasteiger partial charge in [0.15, 0.2) is 0 Å². The van der Waals surface area contributed by atoms with Gasteiger partial charge in [-0.1, -0.05) is 0 Å². The molecule has 2 aliphatic rings. The number of carbonyl (C=O) groups is 1. The third kappa shape index (κ3) is 4.45. The summed E-state index contributed by atoms with van der Waals surface area (Å²) >= 11 is 0. The van der Waals surface area contributed by atoms with Crippen LogP contribution in [0.5, 0.6) is 0 Å². The Morgan fingerprint density at radius 1 is 1.33 bits per heavy atom. The third-order valence-electron chi connectivity index (χ3n) is 4.73. The van der Waals surface area contributed by atoms with Gasteiger partial charge in [-0.3, -0.25) is 4.79 Å². The summed E-state index contributed by atoms with van der Waals surface area (Å²) in [6.45, 7) is 4.41. The molecule has 0 aromatic carbocycles. The van der Waals surface area contributed by atoms with Gasteiger partial charge in [-0.25, -0.2) is 4.98 Å². The van der Waals surface area contributed by atoms with E-state index in [1.165, 1.54) is 12.8 Å². The van der Waals surface area contributed by atoms with Crippen molar-refractivity contribution in [1.29, 1.82) is 0 Å². The number of morpholine rings is 1. The van der Waals surface area contributed by atoms with Crippen molar-refractivity contribution in [2.75, 3.05) is 51.4 Å². The van der Waals surface area contributed by atoms with Gasteiger partial charge < -0.3 is 19.3 Å². The lowest BCUT2D eigenvalue weighted by molar-refractivity contribution is 0.0302. The maximum absolute atomic E-state index is 12.4. The minimum Gasteiger partial charge on any atom is -0.378 e. The first kappa shape index (κ1) is 17.2. The molecule has 1 amide bonds. The fraction of sp³-hybridized carbons (Fsp3) is 0.667. The van der Waals surface area contributed by atoms with Crippen molar-refractivity contribution in [2.45, 2.75) is 31.8 Å². The number of hydrogen-bond acceptors (Lipinski definition) is 5. The second-order valence-electron chi connectivity index (χ2n) is 6.51.